The van der Waals surface area contributed by atoms with Crippen LogP contribution in [-0.4, -0.2) is 42.6 Å². The van der Waals surface area contributed by atoms with Crippen LogP contribution in [0.1, 0.15) is 11.1 Å². The van der Waals surface area contributed by atoms with Crippen molar-refractivity contribution in [2.45, 2.75) is 13.3 Å². The van der Waals surface area contributed by atoms with Gasteiger partial charge in [0.2, 0.25) is 0 Å². The van der Waals surface area contributed by atoms with E-state index in [2.05, 4.69) is 64.2 Å². The average Bonchev–Trinajstić information content (AvgIpc) is 3.34. The van der Waals surface area contributed by atoms with Crippen LogP contribution in [0.25, 0.3) is 21.9 Å². The number of fused-ring (bicyclic) bond motifs is 2. The van der Waals surface area contributed by atoms with Gasteiger partial charge in [-0.15, -0.1) is 0 Å². The highest BCUT2D eigenvalue weighted by Gasteiger charge is 2.19. The number of aryl methyl sites for hydroxylation is 1. The maximum absolute atomic E-state index is 5.80. The number of nitrogens with zero attached hydrogens (tertiary/aromatic N) is 2. The van der Waals surface area contributed by atoms with Gasteiger partial charge in [0, 0.05) is 60.9 Å². The highest BCUT2D eigenvalue weighted by molar-refractivity contribution is 5.92. The summed E-state index contributed by atoms with van der Waals surface area (Å²) in [6.45, 7) is 7.57. The number of para-hydroxylation sites is 1. The zero-order valence-corrected chi connectivity index (χ0v) is 15.7. The van der Waals surface area contributed by atoms with Gasteiger partial charge in [-0.25, -0.2) is 0 Å². The summed E-state index contributed by atoms with van der Waals surface area (Å²) in [5.41, 5.74) is 6.15. The fraction of sp³-hybridized carbons (Fsp3) is 0.304. The Hall–Kier alpha value is -2.72. The molecule has 1 aliphatic rings. The summed E-state index contributed by atoms with van der Waals surface area (Å²) in [4.78, 5) is 8.41. The molecule has 5 rings (SSSR count). The fourth-order valence-electron chi connectivity index (χ4n) is 4.28. The third kappa shape index (κ3) is 3.00. The highest BCUT2D eigenvalue weighted by atomic mass is 16.3. The van der Waals surface area contributed by atoms with Gasteiger partial charge in [-0.05, 0) is 42.7 Å². The third-order valence-corrected chi connectivity index (χ3v) is 5.86. The van der Waals surface area contributed by atoms with E-state index in [9.17, 15) is 0 Å². The van der Waals surface area contributed by atoms with Crippen molar-refractivity contribution in [3.63, 3.8) is 0 Å². The first-order valence-electron chi connectivity index (χ1n) is 9.79. The van der Waals surface area contributed by atoms with Crippen molar-refractivity contribution in [3.05, 3.63) is 66.1 Å². The molecule has 4 heteroatoms. The number of hydrogen-bond acceptors (Lipinski definition) is 3. The van der Waals surface area contributed by atoms with E-state index in [1.54, 1.807) is 0 Å². The Balaban J connectivity index is 1.23. The second-order valence-electron chi connectivity index (χ2n) is 7.51. The lowest BCUT2D eigenvalue weighted by Gasteiger charge is -2.36. The van der Waals surface area contributed by atoms with Crippen LogP contribution in [0.3, 0.4) is 0 Å². The van der Waals surface area contributed by atoms with Crippen molar-refractivity contribution in [3.8, 4) is 0 Å². The molecule has 0 amide bonds. The minimum Gasteiger partial charge on any atom is -0.464 e. The fourth-order valence-corrected chi connectivity index (χ4v) is 4.28. The molecule has 0 saturated carbocycles. The van der Waals surface area contributed by atoms with Crippen LogP contribution in [0.2, 0.25) is 0 Å². The van der Waals surface area contributed by atoms with E-state index in [-0.39, 0.29) is 0 Å². The summed E-state index contributed by atoms with van der Waals surface area (Å²) in [7, 11) is 0. The Kier molecular flexibility index (Phi) is 4.13. The van der Waals surface area contributed by atoms with Gasteiger partial charge in [0.1, 0.15) is 5.58 Å². The summed E-state index contributed by atoms with van der Waals surface area (Å²) in [6.07, 6.45) is 5.02. The number of rotatable bonds is 4. The molecule has 1 N–H and O–H groups in total. The van der Waals surface area contributed by atoms with E-state index in [0.717, 1.165) is 44.7 Å². The molecule has 0 unspecified atom stereocenters. The van der Waals surface area contributed by atoms with Crippen LogP contribution < -0.4 is 4.90 Å². The number of aromatic nitrogens is 1. The minimum atomic E-state index is 1.04. The van der Waals surface area contributed by atoms with Gasteiger partial charge in [-0.1, -0.05) is 24.3 Å². The zero-order chi connectivity index (χ0) is 18.2. The van der Waals surface area contributed by atoms with E-state index in [1.807, 2.05) is 12.5 Å². The first-order chi connectivity index (χ1) is 13.3. The van der Waals surface area contributed by atoms with Gasteiger partial charge in [0.15, 0.2) is 0 Å². The van der Waals surface area contributed by atoms with Crippen molar-refractivity contribution >= 4 is 27.6 Å². The quantitative estimate of drug-likeness (QED) is 0.579. The molecule has 1 fully saturated rings. The molecule has 1 aliphatic heterocycles. The van der Waals surface area contributed by atoms with E-state index >= 15 is 0 Å². The molecule has 27 heavy (non-hydrogen) atoms. The van der Waals surface area contributed by atoms with Crippen molar-refractivity contribution in [2.24, 2.45) is 0 Å². The maximum atomic E-state index is 5.80. The Labute approximate surface area is 159 Å². The van der Waals surface area contributed by atoms with Crippen LogP contribution >= 0.6 is 0 Å². The SMILES string of the molecule is Cc1cccc2c(CCN3CCN(c4cccc5[nH]ccc45)CC3)coc12. The third-order valence-electron chi connectivity index (χ3n) is 5.86. The minimum absolute atomic E-state index is 1.04. The summed E-state index contributed by atoms with van der Waals surface area (Å²) < 4.78 is 5.80. The molecule has 0 aliphatic carbocycles. The Bertz CT molecular complexity index is 1070. The monoisotopic (exact) mass is 359 g/mol. The van der Waals surface area contributed by atoms with E-state index in [1.165, 1.54) is 33.1 Å². The average molecular weight is 359 g/mol. The summed E-state index contributed by atoms with van der Waals surface area (Å²) in [5.74, 6) is 0. The first-order valence-corrected chi connectivity index (χ1v) is 9.79. The van der Waals surface area contributed by atoms with E-state index in [4.69, 9.17) is 4.42 Å². The molecule has 3 heterocycles. The standard InChI is InChI=1S/C23H25N3O/c1-17-4-2-5-19-18(16-27-23(17)19)9-11-25-12-14-26(15-13-25)22-7-3-6-21-20(22)8-10-24-21/h2-8,10,16,24H,9,11-15H2,1H3. The normalized spacial score (nSPS) is 15.8. The zero-order valence-electron chi connectivity index (χ0n) is 15.7. The van der Waals surface area contributed by atoms with Gasteiger partial charge < -0.3 is 14.3 Å². The molecule has 138 valence electrons. The van der Waals surface area contributed by atoms with Crippen LogP contribution in [0.4, 0.5) is 5.69 Å². The number of nitrogens with one attached hydrogen (secondary N) is 1. The molecule has 0 spiro atoms. The molecular formula is C23H25N3O. The van der Waals surface area contributed by atoms with E-state index < -0.39 is 0 Å². The lowest BCUT2D eigenvalue weighted by molar-refractivity contribution is 0.261. The molecule has 1 saturated heterocycles. The number of piperazine rings is 1. The van der Waals surface area contributed by atoms with Gasteiger partial charge in [0.05, 0.1) is 6.26 Å². The first kappa shape index (κ1) is 16.5. The van der Waals surface area contributed by atoms with Gasteiger partial charge in [-0.2, -0.15) is 0 Å². The lowest BCUT2D eigenvalue weighted by atomic mass is 10.1. The summed E-state index contributed by atoms with van der Waals surface area (Å²) >= 11 is 0. The molecule has 0 bridgehead atoms. The lowest BCUT2D eigenvalue weighted by Crippen LogP contribution is -2.47. The Morgan fingerprint density at radius 3 is 2.70 bits per heavy atom. The van der Waals surface area contributed by atoms with E-state index in [0.29, 0.717) is 0 Å². The molecule has 2 aromatic carbocycles. The largest absolute Gasteiger partial charge is 0.464 e. The van der Waals surface area contributed by atoms with Crippen molar-refractivity contribution in [2.75, 3.05) is 37.6 Å². The van der Waals surface area contributed by atoms with Gasteiger partial charge in [-0.3, -0.25) is 4.90 Å². The van der Waals surface area contributed by atoms with Crippen LogP contribution in [0.5, 0.6) is 0 Å². The molecule has 2 aromatic heterocycles. The number of anilines is 1. The van der Waals surface area contributed by atoms with Crippen molar-refractivity contribution in [1.29, 1.82) is 0 Å². The van der Waals surface area contributed by atoms with Gasteiger partial charge >= 0.3 is 0 Å². The summed E-state index contributed by atoms with van der Waals surface area (Å²) in [6, 6.07) is 15.1. The Morgan fingerprint density at radius 2 is 1.81 bits per heavy atom. The number of hydrogen-bond donors (Lipinski definition) is 1. The Morgan fingerprint density at radius 1 is 0.963 bits per heavy atom. The van der Waals surface area contributed by atoms with Crippen molar-refractivity contribution < 1.29 is 4.42 Å². The van der Waals surface area contributed by atoms with Gasteiger partial charge in [0.25, 0.3) is 0 Å². The molecule has 4 aromatic rings. The smallest absolute Gasteiger partial charge is 0.137 e. The second-order valence-corrected chi connectivity index (χ2v) is 7.51. The van der Waals surface area contributed by atoms with Crippen molar-refractivity contribution in [1.82, 2.24) is 9.88 Å². The number of benzene rings is 2. The maximum Gasteiger partial charge on any atom is 0.137 e. The molecule has 0 atom stereocenters. The molecule has 4 nitrogen and oxygen atoms in total. The van der Waals surface area contributed by atoms with Crippen LogP contribution in [0.15, 0.2) is 59.3 Å². The highest BCUT2D eigenvalue weighted by Crippen LogP contribution is 2.27. The van der Waals surface area contributed by atoms with Crippen LogP contribution in [0, 0.1) is 6.92 Å². The number of H-pyrrole nitrogens is 1. The number of aromatic amines is 1. The van der Waals surface area contributed by atoms with Crippen LogP contribution in [-0.2, 0) is 6.42 Å². The molecular weight excluding hydrogens is 334 g/mol. The number of furan rings is 1. The topological polar surface area (TPSA) is 35.4 Å². The predicted molar refractivity (Wildman–Crippen MR) is 112 cm³/mol. The summed E-state index contributed by atoms with van der Waals surface area (Å²) in [5, 5.41) is 2.60. The molecule has 0 radical (unpaired) electrons. The second kappa shape index (κ2) is 6.78. The predicted octanol–water partition coefficient (Wildman–Crippen LogP) is 4.59.